The van der Waals surface area contributed by atoms with E-state index in [4.69, 9.17) is 18.0 Å². The van der Waals surface area contributed by atoms with Crippen molar-refractivity contribution in [2.24, 2.45) is 0 Å². The Bertz CT molecular complexity index is 174. The summed E-state index contributed by atoms with van der Waals surface area (Å²) in [7, 11) is 0. The molecule has 2 nitrogen and oxygen atoms in total. The van der Waals surface area contributed by atoms with Crippen LogP contribution < -0.4 is 5.32 Å². The average Bonchev–Trinajstić information content (AvgIpc) is 2.01. The molecule has 1 unspecified atom stereocenters. The molecule has 0 saturated heterocycles. The van der Waals surface area contributed by atoms with E-state index >= 15 is 0 Å². The predicted molar refractivity (Wildman–Crippen MR) is 51.0 cm³/mol. The summed E-state index contributed by atoms with van der Waals surface area (Å²) in [5.74, 6) is 3.04. The molecule has 1 N–H and O–H groups in total. The van der Waals surface area contributed by atoms with Crippen molar-refractivity contribution in [2.45, 2.75) is 32.2 Å². The van der Waals surface area contributed by atoms with Crippen LogP contribution in [0.15, 0.2) is 0 Å². The van der Waals surface area contributed by atoms with Gasteiger partial charge in [0.05, 0.1) is 0 Å². The molecule has 12 heavy (non-hydrogen) atoms. The lowest BCUT2D eigenvalue weighted by molar-refractivity contribution is -0.121. The molecule has 0 saturated carbocycles. The number of terminal acetylenes is 1. The fraction of sp³-hybridized carbons (Fsp3) is 0.667. The van der Waals surface area contributed by atoms with E-state index in [0.29, 0.717) is 18.7 Å². The van der Waals surface area contributed by atoms with Gasteiger partial charge in [-0.05, 0) is 13.3 Å². The predicted octanol–water partition coefficient (Wildman–Crippen LogP) is 1.53. The quantitative estimate of drug-likeness (QED) is 0.514. The zero-order valence-corrected chi connectivity index (χ0v) is 8.03. The summed E-state index contributed by atoms with van der Waals surface area (Å²) in [5.41, 5.74) is 0. The summed E-state index contributed by atoms with van der Waals surface area (Å²) in [5, 5.41) is 2.78. The maximum absolute atomic E-state index is 11.0. The number of rotatable bonds is 5. The third kappa shape index (κ3) is 6.06. The molecule has 1 atom stereocenters. The van der Waals surface area contributed by atoms with Crippen molar-refractivity contribution in [1.82, 2.24) is 5.32 Å². The molecular formula is C9H14ClNO. The van der Waals surface area contributed by atoms with E-state index in [0.717, 1.165) is 6.42 Å². The fourth-order valence-corrected chi connectivity index (χ4v) is 0.936. The van der Waals surface area contributed by atoms with Crippen LogP contribution in [0.3, 0.4) is 0 Å². The van der Waals surface area contributed by atoms with Crippen molar-refractivity contribution >= 4 is 17.5 Å². The number of amides is 1. The van der Waals surface area contributed by atoms with Crippen LogP contribution in [0.1, 0.15) is 26.2 Å². The Morgan fingerprint density at radius 3 is 2.92 bits per heavy atom. The van der Waals surface area contributed by atoms with Gasteiger partial charge in [0.2, 0.25) is 5.91 Å². The van der Waals surface area contributed by atoms with Crippen LogP contribution in [0.25, 0.3) is 0 Å². The third-order valence-electron chi connectivity index (χ3n) is 1.37. The van der Waals surface area contributed by atoms with Crippen LogP contribution in [0.2, 0.25) is 0 Å². The highest BCUT2D eigenvalue weighted by Gasteiger charge is 2.04. The second kappa shape index (κ2) is 7.00. The van der Waals surface area contributed by atoms with Crippen LogP contribution in [0.4, 0.5) is 0 Å². The number of hydrogen-bond donors (Lipinski definition) is 1. The molecule has 0 aliphatic rings. The SMILES string of the molecule is C#CCC(C)NC(=O)CCCCl. The Balaban J connectivity index is 3.48. The summed E-state index contributed by atoms with van der Waals surface area (Å²) in [6.07, 6.45) is 6.86. The number of hydrogen-bond acceptors (Lipinski definition) is 1. The monoisotopic (exact) mass is 187 g/mol. The number of nitrogens with one attached hydrogen (secondary N) is 1. The van der Waals surface area contributed by atoms with Crippen molar-refractivity contribution in [1.29, 1.82) is 0 Å². The van der Waals surface area contributed by atoms with Crippen molar-refractivity contribution in [3.8, 4) is 12.3 Å². The molecule has 0 aromatic rings. The van der Waals surface area contributed by atoms with Gasteiger partial charge >= 0.3 is 0 Å². The number of alkyl halides is 1. The van der Waals surface area contributed by atoms with Gasteiger partial charge in [-0.15, -0.1) is 23.9 Å². The fourth-order valence-electron chi connectivity index (χ4n) is 0.802. The van der Waals surface area contributed by atoms with Crippen molar-refractivity contribution in [3.05, 3.63) is 0 Å². The molecule has 1 amide bonds. The maximum Gasteiger partial charge on any atom is 0.220 e. The molecule has 0 bridgehead atoms. The molecule has 0 heterocycles. The van der Waals surface area contributed by atoms with Gasteiger partial charge in [0, 0.05) is 24.8 Å². The lowest BCUT2D eigenvalue weighted by Gasteiger charge is -2.09. The first-order chi connectivity index (χ1) is 5.70. The van der Waals surface area contributed by atoms with Crippen molar-refractivity contribution < 1.29 is 4.79 Å². The molecular weight excluding hydrogens is 174 g/mol. The Morgan fingerprint density at radius 1 is 1.75 bits per heavy atom. The average molecular weight is 188 g/mol. The minimum atomic E-state index is 0.0263. The molecule has 0 radical (unpaired) electrons. The van der Waals surface area contributed by atoms with E-state index < -0.39 is 0 Å². The Kier molecular flexibility index (Phi) is 6.60. The number of carbonyl (C=O) groups is 1. The minimum Gasteiger partial charge on any atom is -0.353 e. The van der Waals surface area contributed by atoms with Gasteiger partial charge in [-0.1, -0.05) is 0 Å². The summed E-state index contributed by atoms with van der Waals surface area (Å²) in [6.45, 7) is 1.89. The number of halogens is 1. The van der Waals surface area contributed by atoms with Crippen LogP contribution >= 0.6 is 11.6 Å². The standard InChI is InChI=1S/C9H14ClNO/c1-3-5-8(2)11-9(12)6-4-7-10/h1,8H,4-7H2,2H3,(H,11,12). The van der Waals surface area contributed by atoms with Crippen LogP contribution in [0.5, 0.6) is 0 Å². The molecule has 0 aromatic heterocycles. The first-order valence-electron chi connectivity index (χ1n) is 3.99. The van der Waals surface area contributed by atoms with E-state index in [1.54, 1.807) is 0 Å². The van der Waals surface area contributed by atoms with Crippen molar-refractivity contribution in [3.63, 3.8) is 0 Å². The highest BCUT2D eigenvalue weighted by Crippen LogP contribution is 1.94. The minimum absolute atomic E-state index is 0.0263. The lowest BCUT2D eigenvalue weighted by atomic mass is 10.2. The first-order valence-corrected chi connectivity index (χ1v) is 4.53. The number of carbonyl (C=O) groups excluding carboxylic acids is 1. The van der Waals surface area contributed by atoms with Gasteiger partial charge in [0.15, 0.2) is 0 Å². The Morgan fingerprint density at radius 2 is 2.42 bits per heavy atom. The lowest BCUT2D eigenvalue weighted by Crippen LogP contribution is -2.31. The van der Waals surface area contributed by atoms with Gasteiger partial charge in [0.1, 0.15) is 0 Å². The smallest absolute Gasteiger partial charge is 0.220 e. The van der Waals surface area contributed by atoms with Gasteiger partial charge in [-0.2, -0.15) is 0 Å². The van der Waals surface area contributed by atoms with E-state index in [9.17, 15) is 4.79 Å². The molecule has 0 aromatic carbocycles. The Labute approximate surface area is 78.7 Å². The van der Waals surface area contributed by atoms with Crippen molar-refractivity contribution in [2.75, 3.05) is 5.88 Å². The highest BCUT2D eigenvalue weighted by atomic mass is 35.5. The van der Waals surface area contributed by atoms with E-state index in [2.05, 4.69) is 11.2 Å². The topological polar surface area (TPSA) is 29.1 Å². The van der Waals surface area contributed by atoms with Gasteiger partial charge in [-0.3, -0.25) is 4.79 Å². The van der Waals surface area contributed by atoms with E-state index in [1.807, 2.05) is 6.92 Å². The zero-order chi connectivity index (χ0) is 9.40. The summed E-state index contributed by atoms with van der Waals surface area (Å²) < 4.78 is 0. The molecule has 3 heteroatoms. The molecule has 0 aliphatic carbocycles. The molecule has 0 fully saturated rings. The summed E-state index contributed by atoms with van der Waals surface area (Å²) >= 11 is 5.43. The van der Waals surface area contributed by atoms with E-state index in [1.165, 1.54) is 0 Å². The normalized spacial score (nSPS) is 11.8. The third-order valence-corrected chi connectivity index (χ3v) is 1.64. The van der Waals surface area contributed by atoms with Gasteiger partial charge in [-0.25, -0.2) is 0 Å². The molecule has 68 valence electrons. The highest BCUT2D eigenvalue weighted by molar-refractivity contribution is 6.17. The molecule has 0 rings (SSSR count). The van der Waals surface area contributed by atoms with Crippen LogP contribution in [-0.2, 0) is 4.79 Å². The molecule has 0 spiro atoms. The molecule has 0 aliphatic heterocycles. The maximum atomic E-state index is 11.0. The van der Waals surface area contributed by atoms with Crippen LogP contribution in [-0.4, -0.2) is 17.8 Å². The first kappa shape index (κ1) is 11.3. The second-order valence-electron chi connectivity index (χ2n) is 2.67. The summed E-state index contributed by atoms with van der Waals surface area (Å²) in [4.78, 5) is 11.0. The zero-order valence-electron chi connectivity index (χ0n) is 7.27. The Hall–Kier alpha value is -0.680. The summed E-state index contributed by atoms with van der Waals surface area (Å²) in [6, 6.07) is 0.0674. The van der Waals surface area contributed by atoms with Gasteiger partial charge < -0.3 is 5.32 Å². The van der Waals surface area contributed by atoms with Gasteiger partial charge in [0.25, 0.3) is 0 Å². The van der Waals surface area contributed by atoms with Crippen LogP contribution in [0, 0.1) is 12.3 Å². The second-order valence-corrected chi connectivity index (χ2v) is 3.05. The largest absolute Gasteiger partial charge is 0.353 e. The van der Waals surface area contributed by atoms with E-state index in [-0.39, 0.29) is 11.9 Å².